The van der Waals surface area contributed by atoms with Gasteiger partial charge in [-0.2, -0.15) is 10.5 Å². The van der Waals surface area contributed by atoms with Crippen molar-refractivity contribution in [2.45, 2.75) is 17.2 Å². The lowest BCUT2D eigenvalue weighted by molar-refractivity contribution is 1.11. The van der Waals surface area contributed by atoms with Gasteiger partial charge in [0, 0.05) is 6.20 Å². The second-order valence-corrected chi connectivity index (χ2v) is 3.74. The summed E-state index contributed by atoms with van der Waals surface area (Å²) in [5, 5.41) is 17.7. The highest BCUT2D eigenvalue weighted by molar-refractivity contribution is 8.00. The van der Waals surface area contributed by atoms with Crippen molar-refractivity contribution in [2.24, 2.45) is 0 Å². The van der Waals surface area contributed by atoms with E-state index in [1.165, 1.54) is 11.8 Å². The van der Waals surface area contributed by atoms with E-state index in [9.17, 15) is 0 Å². The van der Waals surface area contributed by atoms with Gasteiger partial charge in [0.2, 0.25) is 0 Å². The molecular formula is C9H7N3S. The molecule has 1 rings (SSSR count). The summed E-state index contributed by atoms with van der Waals surface area (Å²) in [6, 6.07) is 7.43. The maximum absolute atomic E-state index is 8.60. The fraction of sp³-hybridized carbons (Fsp3) is 0.222. The number of hydrogen-bond donors (Lipinski definition) is 0. The van der Waals surface area contributed by atoms with Crippen LogP contribution in [-0.2, 0) is 0 Å². The first kappa shape index (κ1) is 9.57. The molecule has 13 heavy (non-hydrogen) atoms. The van der Waals surface area contributed by atoms with Crippen molar-refractivity contribution < 1.29 is 0 Å². The average Bonchev–Trinajstić information content (AvgIpc) is 2.18. The van der Waals surface area contributed by atoms with Gasteiger partial charge in [-0.3, -0.25) is 0 Å². The molecule has 0 saturated heterocycles. The third kappa shape index (κ3) is 2.77. The van der Waals surface area contributed by atoms with Crippen molar-refractivity contribution in [1.29, 1.82) is 10.5 Å². The minimum absolute atomic E-state index is 0.138. The van der Waals surface area contributed by atoms with E-state index >= 15 is 0 Å². The Bertz CT molecular complexity index is 375. The molecule has 4 heteroatoms. The first-order valence-corrected chi connectivity index (χ1v) is 4.56. The molecule has 0 aliphatic rings. The third-order valence-electron chi connectivity index (χ3n) is 1.34. The zero-order chi connectivity index (χ0) is 9.68. The number of nitrogens with zero attached hydrogens (tertiary/aromatic N) is 3. The van der Waals surface area contributed by atoms with Gasteiger partial charge in [-0.1, -0.05) is 11.8 Å². The highest BCUT2D eigenvalue weighted by atomic mass is 32.2. The van der Waals surface area contributed by atoms with Gasteiger partial charge in [-0.05, 0) is 19.1 Å². The molecule has 0 saturated carbocycles. The van der Waals surface area contributed by atoms with Crippen LogP contribution < -0.4 is 0 Å². The maximum Gasteiger partial charge on any atom is 0.0993 e. The van der Waals surface area contributed by atoms with E-state index in [0.29, 0.717) is 10.6 Å². The first-order valence-electron chi connectivity index (χ1n) is 3.68. The minimum atomic E-state index is -0.138. The average molecular weight is 189 g/mol. The Labute approximate surface area is 81.0 Å². The van der Waals surface area contributed by atoms with Crippen LogP contribution in [0, 0.1) is 22.7 Å². The van der Waals surface area contributed by atoms with Crippen molar-refractivity contribution in [3.05, 3.63) is 23.9 Å². The third-order valence-corrected chi connectivity index (χ3v) is 2.27. The molecule has 0 bridgehead atoms. The largest absolute Gasteiger partial charge is 0.250 e. The van der Waals surface area contributed by atoms with E-state index in [0.717, 1.165) is 0 Å². The maximum atomic E-state index is 8.60. The number of hydrogen-bond acceptors (Lipinski definition) is 4. The molecule has 1 atom stereocenters. The van der Waals surface area contributed by atoms with Crippen LogP contribution >= 0.6 is 11.8 Å². The van der Waals surface area contributed by atoms with Crippen LogP contribution in [0.2, 0.25) is 0 Å². The zero-order valence-corrected chi connectivity index (χ0v) is 7.88. The number of thioether (sulfide) groups is 1. The molecular weight excluding hydrogens is 182 g/mol. The summed E-state index contributed by atoms with van der Waals surface area (Å²) in [5.41, 5.74) is 0.572. The summed E-state index contributed by atoms with van der Waals surface area (Å²) >= 11 is 1.35. The van der Waals surface area contributed by atoms with Crippen molar-refractivity contribution in [3.63, 3.8) is 0 Å². The lowest BCUT2D eigenvalue weighted by atomic mass is 10.3. The molecule has 0 radical (unpaired) electrons. The standard InChI is InChI=1S/C9H7N3S/c1-7(5-10)13-9-4-8(6-11)2-3-12-9/h2-4,7H,1H3. The van der Waals surface area contributed by atoms with E-state index in [-0.39, 0.29) is 5.25 Å². The normalized spacial score (nSPS) is 11.3. The van der Waals surface area contributed by atoms with Crippen LogP contribution in [0.4, 0.5) is 0 Å². The summed E-state index contributed by atoms with van der Waals surface area (Å²) in [6.45, 7) is 1.80. The SMILES string of the molecule is CC(C#N)Sc1cc(C#N)ccn1. The minimum Gasteiger partial charge on any atom is -0.250 e. The molecule has 0 fully saturated rings. The molecule has 0 spiro atoms. The molecule has 1 aromatic rings. The smallest absolute Gasteiger partial charge is 0.0993 e. The van der Waals surface area contributed by atoms with E-state index < -0.39 is 0 Å². The van der Waals surface area contributed by atoms with Crippen molar-refractivity contribution in [2.75, 3.05) is 0 Å². The van der Waals surface area contributed by atoms with Crippen molar-refractivity contribution >= 4 is 11.8 Å². The first-order chi connectivity index (χ1) is 6.26. The number of rotatable bonds is 2. The molecule has 64 valence electrons. The predicted octanol–water partition coefficient (Wildman–Crippen LogP) is 1.96. The zero-order valence-electron chi connectivity index (χ0n) is 7.06. The van der Waals surface area contributed by atoms with Gasteiger partial charge in [0.1, 0.15) is 0 Å². The van der Waals surface area contributed by atoms with E-state index in [4.69, 9.17) is 10.5 Å². The lowest BCUT2D eigenvalue weighted by Crippen LogP contribution is -1.91. The summed E-state index contributed by atoms with van der Waals surface area (Å²) in [4.78, 5) is 4.04. The van der Waals surface area contributed by atoms with Gasteiger partial charge >= 0.3 is 0 Å². The van der Waals surface area contributed by atoms with Gasteiger partial charge in [0.05, 0.1) is 28.0 Å². The highest BCUT2D eigenvalue weighted by Crippen LogP contribution is 2.20. The Morgan fingerprint density at radius 1 is 1.54 bits per heavy atom. The Morgan fingerprint density at radius 2 is 2.31 bits per heavy atom. The van der Waals surface area contributed by atoms with Crippen LogP contribution in [0.15, 0.2) is 23.4 Å². The molecule has 0 aliphatic heterocycles. The van der Waals surface area contributed by atoms with Crippen LogP contribution in [0.25, 0.3) is 0 Å². The molecule has 3 nitrogen and oxygen atoms in total. The molecule has 1 heterocycles. The topological polar surface area (TPSA) is 60.5 Å². The second-order valence-electron chi connectivity index (χ2n) is 2.38. The molecule has 0 aliphatic carbocycles. The molecule has 0 aromatic carbocycles. The van der Waals surface area contributed by atoms with Gasteiger partial charge < -0.3 is 0 Å². The second kappa shape index (κ2) is 4.49. The fourth-order valence-electron chi connectivity index (χ4n) is 0.751. The van der Waals surface area contributed by atoms with Crippen LogP contribution in [0.3, 0.4) is 0 Å². The summed E-state index contributed by atoms with van der Waals surface area (Å²) in [5.74, 6) is 0. The Kier molecular flexibility index (Phi) is 3.31. The van der Waals surface area contributed by atoms with E-state index in [1.54, 1.807) is 25.3 Å². The number of nitriles is 2. The quantitative estimate of drug-likeness (QED) is 0.667. The molecule has 1 unspecified atom stereocenters. The van der Waals surface area contributed by atoms with Crippen LogP contribution in [0.1, 0.15) is 12.5 Å². The van der Waals surface area contributed by atoms with Gasteiger partial charge in [-0.25, -0.2) is 4.98 Å². The summed E-state index contributed by atoms with van der Waals surface area (Å²) < 4.78 is 0. The monoisotopic (exact) mass is 189 g/mol. The fourth-order valence-corrected chi connectivity index (χ4v) is 1.48. The predicted molar refractivity (Wildman–Crippen MR) is 49.9 cm³/mol. The van der Waals surface area contributed by atoms with Gasteiger partial charge in [0.25, 0.3) is 0 Å². The van der Waals surface area contributed by atoms with Crippen molar-refractivity contribution in [1.82, 2.24) is 4.98 Å². The van der Waals surface area contributed by atoms with Crippen LogP contribution in [0.5, 0.6) is 0 Å². The molecule has 1 aromatic heterocycles. The summed E-state index contributed by atoms with van der Waals surface area (Å²) in [6.07, 6.45) is 1.57. The molecule has 0 amide bonds. The van der Waals surface area contributed by atoms with E-state index in [2.05, 4.69) is 11.1 Å². The molecule has 0 N–H and O–H groups in total. The van der Waals surface area contributed by atoms with Crippen molar-refractivity contribution in [3.8, 4) is 12.1 Å². The Hall–Kier alpha value is -1.52. The van der Waals surface area contributed by atoms with Gasteiger partial charge in [-0.15, -0.1) is 0 Å². The van der Waals surface area contributed by atoms with E-state index in [1.807, 2.05) is 6.07 Å². The van der Waals surface area contributed by atoms with Gasteiger partial charge in [0.15, 0.2) is 0 Å². The van der Waals surface area contributed by atoms with Crippen LogP contribution in [-0.4, -0.2) is 10.2 Å². The number of aromatic nitrogens is 1. The number of pyridine rings is 1. The Balaban J connectivity index is 2.80. The summed E-state index contributed by atoms with van der Waals surface area (Å²) in [7, 11) is 0. The highest BCUT2D eigenvalue weighted by Gasteiger charge is 2.03. The Morgan fingerprint density at radius 3 is 2.92 bits per heavy atom. The lowest BCUT2D eigenvalue weighted by Gasteiger charge is -2.00.